The molecule has 1 aromatic carbocycles. The van der Waals surface area contributed by atoms with E-state index in [1.807, 2.05) is 0 Å². The highest BCUT2D eigenvalue weighted by atomic mass is 79.9. The Hall–Kier alpha value is -0.540. The predicted molar refractivity (Wildman–Crippen MR) is 79.9 cm³/mol. The average Bonchev–Trinajstić information content (AvgIpc) is 3.32. The number of hydrogen-bond acceptors (Lipinski definition) is 2. The van der Waals surface area contributed by atoms with Crippen LogP contribution >= 0.6 is 15.9 Å². The van der Waals surface area contributed by atoms with E-state index in [9.17, 15) is 0 Å². The molecular formula is C16H21BrO2. The van der Waals surface area contributed by atoms with Gasteiger partial charge in [-0.3, -0.25) is 0 Å². The average molecular weight is 325 g/mol. The molecule has 1 saturated heterocycles. The van der Waals surface area contributed by atoms with E-state index < -0.39 is 0 Å². The highest BCUT2D eigenvalue weighted by Crippen LogP contribution is 2.53. The Morgan fingerprint density at radius 3 is 2.58 bits per heavy atom. The molecule has 104 valence electrons. The molecule has 0 aromatic heterocycles. The molecule has 2 atom stereocenters. The quantitative estimate of drug-likeness (QED) is 0.770. The van der Waals surface area contributed by atoms with E-state index in [1.54, 1.807) is 7.11 Å². The number of hydrogen-bond donors (Lipinski definition) is 0. The number of alkyl halides is 1. The normalized spacial score (nSPS) is 31.2. The van der Waals surface area contributed by atoms with Crippen LogP contribution in [0.15, 0.2) is 24.3 Å². The van der Waals surface area contributed by atoms with Crippen molar-refractivity contribution in [2.24, 2.45) is 5.92 Å². The lowest BCUT2D eigenvalue weighted by atomic mass is 9.81. The minimum atomic E-state index is -0.0387. The summed E-state index contributed by atoms with van der Waals surface area (Å²) >= 11 is 3.58. The molecular weight excluding hydrogens is 304 g/mol. The Labute approximate surface area is 123 Å². The maximum absolute atomic E-state index is 6.52. The first-order valence-electron chi connectivity index (χ1n) is 7.17. The van der Waals surface area contributed by atoms with Crippen molar-refractivity contribution < 1.29 is 9.47 Å². The second kappa shape index (κ2) is 5.45. The van der Waals surface area contributed by atoms with Gasteiger partial charge >= 0.3 is 0 Å². The second-order valence-electron chi connectivity index (χ2n) is 5.68. The fourth-order valence-corrected chi connectivity index (χ4v) is 3.74. The standard InChI is InChI=1S/C16H21BrO2/c1-18-14-8-6-13(7-9-14)16(12-4-5-12)10-2-3-15(11-17)19-16/h6-9,12,15H,2-5,10-11H2,1H3. The third-order valence-corrected chi connectivity index (χ3v) is 5.16. The lowest BCUT2D eigenvalue weighted by molar-refractivity contribution is -0.138. The van der Waals surface area contributed by atoms with Crippen molar-refractivity contribution in [3.63, 3.8) is 0 Å². The summed E-state index contributed by atoms with van der Waals surface area (Å²) in [6.45, 7) is 0. The van der Waals surface area contributed by atoms with Gasteiger partial charge in [-0.05, 0) is 55.7 Å². The molecule has 0 spiro atoms. The molecule has 3 heteroatoms. The zero-order chi connectivity index (χ0) is 13.3. The van der Waals surface area contributed by atoms with Gasteiger partial charge in [0.15, 0.2) is 0 Å². The maximum Gasteiger partial charge on any atom is 0.118 e. The molecule has 0 amide bonds. The minimum Gasteiger partial charge on any atom is -0.497 e. The van der Waals surface area contributed by atoms with Crippen molar-refractivity contribution in [3.8, 4) is 5.75 Å². The van der Waals surface area contributed by atoms with E-state index >= 15 is 0 Å². The third kappa shape index (κ3) is 2.55. The second-order valence-corrected chi connectivity index (χ2v) is 6.33. The summed E-state index contributed by atoms with van der Waals surface area (Å²) in [7, 11) is 1.71. The molecule has 0 radical (unpaired) electrons. The Morgan fingerprint density at radius 2 is 2.00 bits per heavy atom. The molecule has 0 bridgehead atoms. The van der Waals surface area contributed by atoms with Gasteiger partial charge in [-0.15, -0.1) is 0 Å². The smallest absolute Gasteiger partial charge is 0.118 e. The maximum atomic E-state index is 6.52. The summed E-state index contributed by atoms with van der Waals surface area (Å²) in [5.74, 6) is 1.63. The van der Waals surface area contributed by atoms with Crippen LogP contribution in [0.25, 0.3) is 0 Å². The van der Waals surface area contributed by atoms with Gasteiger partial charge in [0.25, 0.3) is 0 Å². The Kier molecular flexibility index (Phi) is 3.86. The molecule has 1 saturated carbocycles. The van der Waals surface area contributed by atoms with E-state index in [1.165, 1.54) is 31.2 Å². The van der Waals surface area contributed by atoms with Crippen LogP contribution in [-0.2, 0) is 10.3 Å². The lowest BCUT2D eigenvalue weighted by Crippen LogP contribution is -2.40. The van der Waals surface area contributed by atoms with Crippen molar-refractivity contribution in [2.75, 3.05) is 12.4 Å². The molecule has 2 unspecified atom stereocenters. The molecule has 1 aromatic rings. The number of halogens is 1. The van der Waals surface area contributed by atoms with E-state index in [4.69, 9.17) is 9.47 Å². The minimum absolute atomic E-state index is 0.0387. The first kappa shape index (κ1) is 13.4. The molecule has 2 fully saturated rings. The SMILES string of the molecule is COc1ccc(C2(C3CC3)CCCC(CBr)O2)cc1. The predicted octanol–water partition coefficient (Wildman–Crippen LogP) is 4.26. The van der Waals surface area contributed by atoms with Crippen molar-refractivity contribution in [1.29, 1.82) is 0 Å². The van der Waals surface area contributed by atoms with E-state index in [-0.39, 0.29) is 5.60 Å². The van der Waals surface area contributed by atoms with Crippen LogP contribution in [0, 0.1) is 5.92 Å². The van der Waals surface area contributed by atoms with E-state index in [2.05, 4.69) is 40.2 Å². The van der Waals surface area contributed by atoms with Crippen LogP contribution in [-0.4, -0.2) is 18.5 Å². The van der Waals surface area contributed by atoms with E-state index in [0.29, 0.717) is 12.0 Å². The summed E-state index contributed by atoms with van der Waals surface area (Å²) in [5, 5.41) is 0.942. The zero-order valence-electron chi connectivity index (χ0n) is 11.4. The fourth-order valence-electron chi connectivity index (χ4n) is 3.29. The van der Waals surface area contributed by atoms with Crippen LogP contribution in [0.5, 0.6) is 5.75 Å². The monoisotopic (exact) mass is 324 g/mol. The van der Waals surface area contributed by atoms with Crippen LogP contribution in [0.1, 0.15) is 37.7 Å². The summed E-state index contributed by atoms with van der Waals surface area (Å²) in [6.07, 6.45) is 6.57. The fraction of sp³-hybridized carbons (Fsp3) is 0.625. The van der Waals surface area contributed by atoms with Crippen LogP contribution in [0.3, 0.4) is 0 Å². The molecule has 19 heavy (non-hydrogen) atoms. The molecule has 0 N–H and O–H groups in total. The van der Waals surface area contributed by atoms with E-state index in [0.717, 1.165) is 17.5 Å². The highest BCUT2D eigenvalue weighted by Gasteiger charge is 2.49. The van der Waals surface area contributed by atoms with Crippen LogP contribution in [0.2, 0.25) is 0 Å². The lowest BCUT2D eigenvalue weighted by Gasteiger charge is -2.42. The number of methoxy groups -OCH3 is 1. The van der Waals surface area contributed by atoms with Gasteiger partial charge in [-0.25, -0.2) is 0 Å². The van der Waals surface area contributed by atoms with Gasteiger partial charge < -0.3 is 9.47 Å². The van der Waals surface area contributed by atoms with Crippen molar-refractivity contribution in [3.05, 3.63) is 29.8 Å². The van der Waals surface area contributed by atoms with Crippen molar-refractivity contribution in [2.45, 2.75) is 43.8 Å². The largest absolute Gasteiger partial charge is 0.497 e. The van der Waals surface area contributed by atoms with Crippen LogP contribution in [0.4, 0.5) is 0 Å². The summed E-state index contributed by atoms with van der Waals surface area (Å²) < 4.78 is 11.8. The van der Waals surface area contributed by atoms with Crippen molar-refractivity contribution in [1.82, 2.24) is 0 Å². The van der Waals surface area contributed by atoms with Gasteiger partial charge in [0.1, 0.15) is 5.75 Å². The highest BCUT2D eigenvalue weighted by molar-refractivity contribution is 9.09. The Morgan fingerprint density at radius 1 is 1.26 bits per heavy atom. The first-order valence-corrected chi connectivity index (χ1v) is 8.29. The van der Waals surface area contributed by atoms with Crippen molar-refractivity contribution >= 4 is 15.9 Å². The summed E-state index contributed by atoms with van der Waals surface area (Å²) in [4.78, 5) is 0. The zero-order valence-corrected chi connectivity index (χ0v) is 13.0. The number of ether oxygens (including phenoxy) is 2. The Bertz CT molecular complexity index is 427. The van der Waals surface area contributed by atoms with Gasteiger partial charge in [0.05, 0.1) is 18.8 Å². The first-order chi connectivity index (χ1) is 9.28. The summed E-state index contributed by atoms with van der Waals surface area (Å²) in [6, 6.07) is 8.49. The summed E-state index contributed by atoms with van der Waals surface area (Å²) in [5.41, 5.74) is 1.30. The van der Waals surface area contributed by atoms with Gasteiger partial charge in [0, 0.05) is 5.33 Å². The molecule has 1 heterocycles. The van der Waals surface area contributed by atoms with Gasteiger partial charge in [-0.2, -0.15) is 0 Å². The Balaban J connectivity index is 1.90. The molecule has 3 rings (SSSR count). The molecule has 2 nitrogen and oxygen atoms in total. The van der Waals surface area contributed by atoms with Gasteiger partial charge in [-0.1, -0.05) is 28.1 Å². The third-order valence-electron chi connectivity index (χ3n) is 4.44. The van der Waals surface area contributed by atoms with Gasteiger partial charge in [0.2, 0.25) is 0 Å². The molecule has 1 aliphatic carbocycles. The number of benzene rings is 1. The number of rotatable bonds is 4. The molecule has 2 aliphatic rings. The topological polar surface area (TPSA) is 18.5 Å². The molecule has 1 aliphatic heterocycles. The van der Waals surface area contributed by atoms with Crippen LogP contribution < -0.4 is 4.74 Å².